The summed E-state index contributed by atoms with van der Waals surface area (Å²) in [4.78, 5) is 14.1. The maximum Gasteiger partial charge on any atom is 0.410 e. The lowest BCUT2D eigenvalue weighted by Crippen LogP contribution is -2.51. The van der Waals surface area contributed by atoms with Crippen LogP contribution in [-0.2, 0) is 17.7 Å². The summed E-state index contributed by atoms with van der Waals surface area (Å²) in [5, 5.41) is 10.3. The fourth-order valence-corrected chi connectivity index (χ4v) is 2.68. The Morgan fingerprint density at radius 2 is 2.00 bits per heavy atom. The van der Waals surface area contributed by atoms with E-state index in [1.54, 1.807) is 4.90 Å². The minimum Gasteiger partial charge on any atom is -0.444 e. The summed E-state index contributed by atoms with van der Waals surface area (Å²) in [5.41, 5.74) is 1.80. The van der Waals surface area contributed by atoms with Crippen molar-refractivity contribution in [3.05, 3.63) is 35.4 Å². The minimum absolute atomic E-state index is 0.222. The van der Waals surface area contributed by atoms with E-state index in [9.17, 15) is 9.90 Å². The molecule has 0 fully saturated rings. The fourth-order valence-electron chi connectivity index (χ4n) is 2.68. The van der Waals surface area contributed by atoms with Gasteiger partial charge in [-0.1, -0.05) is 31.2 Å². The van der Waals surface area contributed by atoms with Crippen LogP contribution in [0.1, 0.15) is 45.2 Å². The first-order chi connectivity index (χ1) is 9.81. The summed E-state index contributed by atoms with van der Waals surface area (Å²) in [5.74, 6) is 0. The largest absolute Gasteiger partial charge is 0.444 e. The van der Waals surface area contributed by atoms with Crippen molar-refractivity contribution < 1.29 is 14.6 Å². The molecule has 0 bridgehead atoms. The molecule has 1 N–H and O–H groups in total. The normalized spacial score (nSPS) is 19.9. The summed E-state index contributed by atoms with van der Waals surface area (Å²) >= 11 is 0. The SMILES string of the molecule is CC[C@@H](O)[C@@H]1Cc2ccccc2CN1C(=O)OC(C)(C)C. The van der Waals surface area contributed by atoms with Gasteiger partial charge in [-0.3, -0.25) is 4.90 Å². The molecule has 2 atom stereocenters. The zero-order valence-electron chi connectivity index (χ0n) is 13.3. The van der Waals surface area contributed by atoms with E-state index in [0.29, 0.717) is 19.4 Å². The van der Waals surface area contributed by atoms with Gasteiger partial charge in [0.2, 0.25) is 0 Å². The van der Waals surface area contributed by atoms with Crippen LogP contribution in [0.25, 0.3) is 0 Å². The molecule has 0 unspecified atom stereocenters. The van der Waals surface area contributed by atoms with Crippen LogP contribution in [-0.4, -0.2) is 33.8 Å². The third-order valence-electron chi connectivity index (χ3n) is 3.78. The topological polar surface area (TPSA) is 49.8 Å². The van der Waals surface area contributed by atoms with Crippen LogP contribution in [0, 0.1) is 0 Å². The first-order valence-corrected chi connectivity index (χ1v) is 7.56. The van der Waals surface area contributed by atoms with Gasteiger partial charge in [0.15, 0.2) is 0 Å². The third-order valence-corrected chi connectivity index (χ3v) is 3.78. The predicted octanol–water partition coefficient (Wildman–Crippen LogP) is 3.12. The van der Waals surface area contributed by atoms with Crippen LogP contribution >= 0.6 is 0 Å². The second kappa shape index (κ2) is 6.06. The number of aliphatic hydroxyl groups excluding tert-OH is 1. The molecule has 1 aromatic rings. The number of amides is 1. The summed E-state index contributed by atoms with van der Waals surface area (Å²) in [6.45, 7) is 7.99. The third kappa shape index (κ3) is 3.76. The van der Waals surface area contributed by atoms with E-state index in [4.69, 9.17) is 4.74 Å². The zero-order valence-corrected chi connectivity index (χ0v) is 13.3. The Morgan fingerprint density at radius 3 is 2.57 bits per heavy atom. The van der Waals surface area contributed by atoms with E-state index in [1.165, 1.54) is 5.56 Å². The van der Waals surface area contributed by atoms with Gasteiger partial charge in [0.1, 0.15) is 5.60 Å². The monoisotopic (exact) mass is 291 g/mol. The van der Waals surface area contributed by atoms with Gasteiger partial charge in [0, 0.05) is 6.54 Å². The first kappa shape index (κ1) is 15.8. The highest BCUT2D eigenvalue weighted by Gasteiger charge is 2.35. The zero-order chi connectivity index (χ0) is 15.6. The van der Waals surface area contributed by atoms with Crippen molar-refractivity contribution in [2.45, 2.75) is 64.8 Å². The Morgan fingerprint density at radius 1 is 1.38 bits per heavy atom. The lowest BCUT2D eigenvalue weighted by molar-refractivity contribution is -0.0125. The molecular formula is C17H25NO3. The van der Waals surface area contributed by atoms with Gasteiger partial charge in [-0.15, -0.1) is 0 Å². The molecule has 0 aliphatic carbocycles. The molecule has 0 saturated heterocycles. The molecule has 1 aliphatic rings. The average molecular weight is 291 g/mol. The van der Waals surface area contributed by atoms with Crippen molar-refractivity contribution in [2.24, 2.45) is 0 Å². The number of carbonyl (C=O) groups is 1. The Labute approximate surface area is 126 Å². The second-order valence-corrected chi connectivity index (χ2v) is 6.62. The molecule has 2 rings (SSSR count). The van der Waals surface area contributed by atoms with Gasteiger partial charge in [-0.25, -0.2) is 4.79 Å². The molecule has 0 aromatic heterocycles. The van der Waals surface area contributed by atoms with Crippen molar-refractivity contribution in [1.29, 1.82) is 0 Å². The number of hydrogen-bond acceptors (Lipinski definition) is 3. The summed E-state index contributed by atoms with van der Waals surface area (Å²) in [6, 6.07) is 7.85. The summed E-state index contributed by atoms with van der Waals surface area (Å²) in [7, 11) is 0. The number of benzene rings is 1. The van der Waals surface area contributed by atoms with Crippen LogP contribution in [0.15, 0.2) is 24.3 Å². The molecule has 116 valence electrons. The van der Waals surface area contributed by atoms with Gasteiger partial charge >= 0.3 is 6.09 Å². The number of ether oxygens (including phenoxy) is 1. The molecule has 0 saturated carbocycles. The standard InChI is InChI=1S/C17H25NO3/c1-5-15(19)14-10-12-8-6-7-9-13(12)11-18(14)16(20)21-17(2,3)4/h6-9,14-15,19H,5,10-11H2,1-4H3/t14-,15+/m0/s1. The molecule has 4 nitrogen and oxygen atoms in total. The first-order valence-electron chi connectivity index (χ1n) is 7.56. The van der Waals surface area contributed by atoms with Crippen molar-refractivity contribution >= 4 is 6.09 Å². The summed E-state index contributed by atoms with van der Waals surface area (Å²) in [6.07, 6.45) is 0.400. The van der Waals surface area contributed by atoms with Crippen LogP contribution in [0.3, 0.4) is 0 Å². The minimum atomic E-state index is -0.536. The molecule has 1 heterocycles. The molecule has 4 heteroatoms. The van der Waals surface area contributed by atoms with Crippen LogP contribution < -0.4 is 0 Å². The number of carbonyl (C=O) groups excluding carboxylic acids is 1. The molecule has 1 aromatic carbocycles. The van der Waals surface area contributed by atoms with Crippen LogP contribution in [0.2, 0.25) is 0 Å². The molecular weight excluding hydrogens is 266 g/mol. The smallest absolute Gasteiger partial charge is 0.410 e. The molecule has 1 aliphatic heterocycles. The number of rotatable bonds is 2. The molecule has 21 heavy (non-hydrogen) atoms. The van der Waals surface area contributed by atoms with Gasteiger partial charge in [-0.2, -0.15) is 0 Å². The van der Waals surface area contributed by atoms with Crippen molar-refractivity contribution in [3.63, 3.8) is 0 Å². The Balaban J connectivity index is 2.26. The van der Waals surface area contributed by atoms with E-state index in [0.717, 1.165) is 5.56 Å². The van der Waals surface area contributed by atoms with Gasteiger partial charge in [0.25, 0.3) is 0 Å². The van der Waals surface area contributed by atoms with Crippen molar-refractivity contribution in [2.75, 3.05) is 0 Å². The Kier molecular flexibility index (Phi) is 4.57. The quantitative estimate of drug-likeness (QED) is 0.911. The lowest BCUT2D eigenvalue weighted by Gasteiger charge is -2.39. The summed E-state index contributed by atoms with van der Waals surface area (Å²) < 4.78 is 5.49. The van der Waals surface area contributed by atoms with Crippen LogP contribution in [0.5, 0.6) is 0 Å². The van der Waals surface area contributed by atoms with Gasteiger partial charge < -0.3 is 9.84 Å². The highest BCUT2D eigenvalue weighted by molar-refractivity contribution is 5.69. The fraction of sp³-hybridized carbons (Fsp3) is 0.588. The Hall–Kier alpha value is -1.55. The number of nitrogens with zero attached hydrogens (tertiary/aromatic N) is 1. The maximum atomic E-state index is 12.4. The number of fused-ring (bicyclic) bond motifs is 1. The highest BCUT2D eigenvalue weighted by Crippen LogP contribution is 2.27. The average Bonchev–Trinajstić information content (AvgIpc) is 2.43. The number of hydrogen-bond donors (Lipinski definition) is 1. The van der Waals surface area contributed by atoms with E-state index >= 15 is 0 Å². The highest BCUT2D eigenvalue weighted by atomic mass is 16.6. The molecule has 0 radical (unpaired) electrons. The lowest BCUT2D eigenvalue weighted by atomic mass is 9.90. The predicted molar refractivity (Wildman–Crippen MR) is 82.0 cm³/mol. The van der Waals surface area contributed by atoms with Crippen molar-refractivity contribution in [3.8, 4) is 0 Å². The van der Waals surface area contributed by atoms with Gasteiger partial charge in [0.05, 0.1) is 12.1 Å². The Bertz CT molecular complexity index is 507. The van der Waals surface area contributed by atoms with E-state index in [1.807, 2.05) is 45.9 Å². The second-order valence-electron chi connectivity index (χ2n) is 6.62. The maximum absolute atomic E-state index is 12.4. The van der Waals surface area contributed by atoms with E-state index in [-0.39, 0.29) is 12.1 Å². The van der Waals surface area contributed by atoms with Gasteiger partial charge in [-0.05, 0) is 44.7 Å². The number of aliphatic hydroxyl groups is 1. The van der Waals surface area contributed by atoms with Crippen molar-refractivity contribution in [1.82, 2.24) is 4.90 Å². The molecule has 1 amide bonds. The van der Waals surface area contributed by atoms with Crippen LogP contribution in [0.4, 0.5) is 4.79 Å². The molecule has 0 spiro atoms. The van der Waals surface area contributed by atoms with E-state index < -0.39 is 11.7 Å². The van der Waals surface area contributed by atoms with E-state index in [2.05, 4.69) is 6.07 Å².